The molecule has 2 aromatic rings. The van der Waals surface area contributed by atoms with Gasteiger partial charge in [0.25, 0.3) is 0 Å². The molecule has 10 heteroatoms. The summed E-state index contributed by atoms with van der Waals surface area (Å²) in [5, 5.41) is 17.1. The highest BCUT2D eigenvalue weighted by Crippen LogP contribution is 2.39. The van der Waals surface area contributed by atoms with Crippen LogP contribution in [0, 0.1) is 30.2 Å². The van der Waals surface area contributed by atoms with Crippen LogP contribution in [-0.4, -0.2) is 38.8 Å². The van der Waals surface area contributed by atoms with Crippen molar-refractivity contribution in [2.24, 2.45) is 11.8 Å². The molecule has 0 amide bonds. The molecular formula is C21H25F3N6O. The Bertz CT molecular complexity index is 982. The highest BCUT2D eigenvalue weighted by Gasteiger charge is 2.42. The number of hydrogen-bond donors (Lipinski definition) is 1. The minimum absolute atomic E-state index is 0.0653. The van der Waals surface area contributed by atoms with Gasteiger partial charge in [0.1, 0.15) is 5.75 Å². The fraction of sp³-hybridized carbons (Fsp3) is 0.571. The zero-order valence-corrected chi connectivity index (χ0v) is 17.6. The number of fused-ring (bicyclic) bond motifs is 2. The van der Waals surface area contributed by atoms with Crippen LogP contribution in [0.2, 0.25) is 0 Å². The van der Waals surface area contributed by atoms with Gasteiger partial charge in [0.2, 0.25) is 5.95 Å². The van der Waals surface area contributed by atoms with Gasteiger partial charge in [-0.3, -0.25) is 0 Å². The molecule has 1 aliphatic carbocycles. The predicted octanol–water partition coefficient (Wildman–Crippen LogP) is 4.58. The third-order valence-corrected chi connectivity index (χ3v) is 5.95. The van der Waals surface area contributed by atoms with E-state index in [1.807, 2.05) is 13.8 Å². The molecular weight excluding hydrogens is 409 g/mol. The van der Waals surface area contributed by atoms with Crippen LogP contribution in [-0.2, 0) is 6.18 Å². The van der Waals surface area contributed by atoms with E-state index >= 15 is 0 Å². The molecule has 2 heterocycles. The smallest absolute Gasteiger partial charge is 0.416 e. The number of rotatable bonds is 5. The molecule has 166 valence electrons. The summed E-state index contributed by atoms with van der Waals surface area (Å²) >= 11 is 0. The number of likely N-dealkylation sites (tertiary alicyclic amines) is 1. The first kappa shape index (κ1) is 21.3. The lowest BCUT2D eigenvalue weighted by Crippen LogP contribution is -2.46. The van der Waals surface area contributed by atoms with Crippen LogP contribution >= 0.6 is 0 Å². The molecule has 7 nitrogen and oxygen atoms in total. The van der Waals surface area contributed by atoms with Gasteiger partial charge in [-0.05, 0) is 69.2 Å². The van der Waals surface area contributed by atoms with Crippen LogP contribution in [0.15, 0.2) is 18.2 Å². The van der Waals surface area contributed by atoms with Crippen molar-refractivity contribution in [3.63, 3.8) is 0 Å². The lowest BCUT2D eigenvalue weighted by Gasteiger charge is -2.35. The standard InChI is InChI=1S/C21H25F3N6O/c1-12(2)30-20(31-17-7-13(3)6-16(8-17)21(22,23)24)27-19(28-30)26-18-14-4-5-15(18)10-29(9-14)11-25/h6-8,12,14-15,18H,4-5,9-10H2,1-3H3,(H,26,28)/t14-,15+,18+. The third kappa shape index (κ3) is 4.40. The molecule has 2 bridgehead atoms. The first-order valence-electron chi connectivity index (χ1n) is 10.4. The second-order valence-electron chi connectivity index (χ2n) is 8.66. The lowest BCUT2D eigenvalue weighted by molar-refractivity contribution is -0.137. The summed E-state index contributed by atoms with van der Waals surface area (Å²) in [6, 6.07) is 3.80. The number of aromatic nitrogens is 3. The molecule has 31 heavy (non-hydrogen) atoms. The molecule has 2 aliphatic rings. The van der Waals surface area contributed by atoms with E-state index in [2.05, 4.69) is 21.6 Å². The largest absolute Gasteiger partial charge is 0.424 e. The molecule has 4 rings (SSSR count). The number of hydrogen-bond acceptors (Lipinski definition) is 6. The van der Waals surface area contributed by atoms with Crippen molar-refractivity contribution in [3.8, 4) is 18.0 Å². The summed E-state index contributed by atoms with van der Waals surface area (Å²) in [4.78, 5) is 6.23. The van der Waals surface area contributed by atoms with Crippen LogP contribution in [0.4, 0.5) is 19.1 Å². The third-order valence-electron chi connectivity index (χ3n) is 5.95. The molecule has 1 aromatic heterocycles. The van der Waals surface area contributed by atoms with Gasteiger partial charge < -0.3 is 15.0 Å². The summed E-state index contributed by atoms with van der Waals surface area (Å²) in [6.45, 7) is 6.81. The van der Waals surface area contributed by atoms with Gasteiger partial charge in [-0.15, -0.1) is 5.10 Å². The van der Waals surface area contributed by atoms with Crippen molar-refractivity contribution in [3.05, 3.63) is 29.3 Å². The Morgan fingerprint density at radius 1 is 1.19 bits per heavy atom. The highest BCUT2D eigenvalue weighted by atomic mass is 19.4. The van der Waals surface area contributed by atoms with Crippen LogP contribution in [0.3, 0.4) is 0 Å². The number of ether oxygens (including phenoxy) is 1. The Hall–Kier alpha value is -2.96. The molecule has 1 aliphatic heterocycles. The molecule has 2 fully saturated rings. The Morgan fingerprint density at radius 3 is 2.45 bits per heavy atom. The summed E-state index contributed by atoms with van der Waals surface area (Å²) in [7, 11) is 0. The van der Waals surface area contributed by atoms with E-state index in [1.54, 1.807) is 22.6 Å². The molecule has 0 unspecified atom stereocenters. The van der Waals surface area contributed by atoms with E-state index in [9.17, 15) is 18.4 Å². The predicted molar refractivity (Wildman–Crippen MR) is 107 cm³/mol. The molecule has 0 radical (unpaired) electrons. The minimum atomic E-state index is -4.46. The molecule has 1 saturated carbocycles. The normalized spacial score (nSPS) is 23.2. The number of halogens is 3. The van der Waals surface area contributed by atoms with Crippen molar-refractivity contribution in [2.75, 3.05) is 18.4 Å². The van der Waals surface area contributed by atoms with Crippen LogP contribution in [0.5, 0.6) is 11.8 Å². The Morgan fingerprint density at radius 2 is 1.87 bits per heavy atom. The van der Waals surface area contributed by atoms with Gasteiger partial charge in [0.05, 0.1) is 11.6 Å². The fourth-order valence-electron chi connectivity index (χ4n) is 4.54. The van der Waals surface area contributed by atoms with Crippen LogP contribution < -0.4 is 10.1 Å². The van der Waals surface area contributed by atoms with Crippen molar-refractivity contribution >= 4 is 5.95 Å². The number of alkyl halides is 3. The number of nitrogens with one attached hydrogen (secondary N) is 1. The second-order valence-corrected chi connectivity index (χ2v) is 8.66. The van der Waals surface area contributed by atoms with E-state index < -0.39 is 11.7 Å². The van der Waals surface area contributed by atoms with E-state index in [0.717, 1.165) is 25.0 Å². The molecule has 1 N–H and O–H groups in total. The average molecular weight is 434 g/mol. The Labute approximate surface area is 178 Å². The monoisotopic (exact) mass is 434 g/mol. The Kier molecular flexibility index (Phi) is 5.45. The summed E-state index contributed by atoms with van der Waals surface area (Å²) in [5.41, 5.74) is -0.322. The van der Waals surface area contributed by atoms with E-state index in [4.69, 9.17) is 4.74 Å². The van der Waals surface area contributed by atoms with E-state index in [1.165, 1.54) is 0 Å². The number of nitrogens with zero attached hydrogens (tertiary/aromatic N) is 5. The lowest BCUT2D eigenvalue weighted by atomic mass is 9.92. The van der Waals surface area contributed by atoms with E-state index in [-0.39, 0.29) is 23.8 Å². The van der Waals surface area contributed by atoms with Gasteiger partial charge in [-0.2, -0.15) is 23.4 Å². The first-order chi connectivity index (χ1) is 14.6. The number of anilines is 1. The van der Waals surface area contributed by atoms with Gasteiger partial charge >= 0.3 is 12.2 Å². The highest BCUT2D eigenvalue weighted by molar-refractivity contribution is 5.38. The molecule has 0 spiro atoms. The second kappa shape index (κ2) is 7.94. The van der Waals surface area contributed by atoms with Crippen molar-refractivity contribution in [1.29, 1.82) is 5.26 Å². The first-order valence-corrected chi connectivity index (χ1v) is 10.4. The molecule has 1 aromatic carbocycles. The number of nitriles is 1. The summed E-state index contributed by atoms with van der Waals surface area (Å²) in [6.07, 6.45) is -0.144. The van der Waals surface area contributed by atoms with Crippen LogP contribution in [0.25, 0.3) is 0 Å². The van der Waals surface area contributed by atoms with Crippen molar-refractivity contribution < 1.29 is 17.9 Å². The van der Waals surface area contributed by atoms with Crippen LogP contribution in [0.1, 0.15) is 43.9 Å². The minimum Gasteiger partial charge on any atom is -0.424 e. The average Bonchev–Trinajstić information content (AvgIpc) is 3.17. The topological polar surface area (TPSA) is 79.0 Å². The quantitative estimate of drug-likeness (QED) is 0.694. The summed E-state index contributed by atoms with van der Waals surface area (Å²) < 4.78 is 46.8. The number of benzene rings is 1. The maximum atomic E-state index is 13.2. The van der Waals surface area contributed by atoms with Gasteiger partial charge in [0, 0.05) is 19.1 Å². The van der Waals surface area contributed by atoms with Crippen molar-refractivity contribution in [2.45, 2.75) is 51.9 Å². The van der Waals surface area contributed by atoms with Gasteiger partial charge in [-0.1, -0.05) is 0 Å². The van der Waals surface area contributed by atoms with Gasteiger partial charge in [0.15, 0.2) is 6.19 Å². The Balaban J connectivity index is 1.57. The summed E-state index contributed by atoms with van der Waals surface area (Å²) in [5.74, 6) is 1.12. The zero-order chi connectivity index (χ0) is 22.3. The number of piperidine rings is 1. The van der Waals surface area contributed by atoms with Crippen molar-refractivity contribution in [1.82, 2.24) is 19.7 Å². The molecule has 1 saturated heterocycles. The zero-order valence-electron chi connectivity index (χ0n) is 17.6. The number of aryl methyl sites for hydroxylation is 1. The fourth-order valence-corrected chi connectivity index (χ4v) is 4.54. The van der Waals surface area contributed by atoms with E-state index in [0.29, 0.717) is 36.4 Å². The van der Waals surface area contributed by atoms with Gasteiger partial charge in [-0.25, -0.2) is 4.68 Å². The molecule has 3 atom stereocenters. The maximum Gasteiger partial charge on any atom is 0.416 e. The maximum absolute atomic E-state index is 13.2. The SMILES string of the molecule is Cc1cc(Oc2nc(N[C@H]3[C@@H]4CC[C@H]3CN(C#N)C4)nn2C(C)C)cc(C(F)(F)F)c1.